The number of piperazine rings is 1. The Labute approximate surface area is 193 Å². The van der Waals surface area contributed by atoms with Gasteiger partial charge >= 0.3 is 0 Å². The molecule has 32 heavy (non-hydrogen) atoms. The molecule has 0 amide bonds. The van der Waals surface area contributed by atoms with E-state index >= 15 is 0 Å². The normalized spacial score (nSPS) is 15.3. The highest BCUT2D eigenvalue weighted by Gasteiger charge is 2.14. The molecule has 0 spiro atoms. The zero-order valence-corrected chi connectivity index (χ0v) is 18.9. The van der Waals surface area contributed by atoms with Crippen molar-refractivity contribution in [2.75, 3.05) is 38.5 Å². The maximum absolute atomic E-state index is 6.10. The van der Waals surface area contributed by atoms with E-state index in [4.69, 9.17) is 11.6 Å². The molecular weight excluding hydrogens is 420 g/mol. The van der Waals surface area contributed by atoms with Crippen molar-refractivity contribution in [2.24, 2.45) is 0 Å². The molecule has 0 bridgehead atoms. The van der Waals surface area contributed by atoms with Gasteiger partial charge in [0, 0.05) is 50.0 Å². The summed E-state index contributed by atoms with van der Waals surface area (Å²) in [5.41, 5.74) is 5.46. The molecule has 0 unspecified atom stereocenters. The van der Waals surface area contributed by atoms with Gasteiger partial charge in [-0.3, -0.25) is 4.90 Å². The number of nitrogens with zero attached hydrogens (tertiary/aromatic N) is 4. The first-order valence-electron chi connectivity index (χ1n) is 11.0. The SMILES string of the molecule is CN1CCN(Cc2ccc(-c3cc4c(NCc5cccc(Cl)c5)ncnc4[nH]3)cc2)CC1. The fourth-order valence-electron chi connectivity index (χ4n) is 4.12. The second kappa shape index (κ2) is 9.28. The number of aromatic nitrogens is 3. The number of anilines is 1. The number of rotatable bonds is 6. The molecule has 0 saturated carbocycles. The van der Waals surface area contributed by atoms with Gasteiger partial charge in [0.15, 0.2) is 0 Å². The standard InChI is InChI=1S/C25H27ClN6/c1-31-9-11-32(12-10-31)16-18-5-7-20(8-6-18)23-14-22-24(28-17-29-25(22)30-23)27-15-19-3-2-4-21(26)13-19/h2-8,13-14,17H,9-12,15-16H2,1H3,(H2,27,28,29,30). The number of halogens is 1. The zero-order valence-electron chi connectivity index (χ0n) is 18.2. The summed E-state index contributed by atoms with van der Waals surface area (Å²) in [6.07, 6.45) is 1.59. The Bertz CT molecular complexity index is 1190. The summed E-state index contributed by atoms with van der Waals surface area (Å²) in [6, 6.07) is 18.8. The minimum absolute atomic E-state index is 0.647. The first-order chi connectivity index (χ1) is 15.6. The van der Waals surface area contributed by atoms with Crippen molar-refractivity contribution in [3.63, 3.8) is 0 Å². The molecule has 164 valence electrons. The van der Waals surface area contributed by atoms with Crippen LogP contribution in [0.25, 0.3) is 22.3 Å². The van der Waals surface area contributed by atoms with Gasteiger partial charge in [-0.15, -0.1) is 0 Å². The van der Waals surface area contributed by atoms with Gasteiger partial charge < -0.3 is 15.2 Å². The third-order valence-electron chi connectivity index (χ3n) is 6.04. The van der Waals surface area contributed by atoms with Crippen LogP contribution in [-0.4, -0.2) is 58.0 Å². The molecule has 2 N–H and O–H groups in total. The Morgan fingerprint density at radius 3 is 2.56 bits per heavy atom. The Morgan fingerprint density at radius 1 is 0.969 bits per heavy atom. The fourth-order valence-corrected chi connectivity index (χ4v) is 4.34. The molecule has 4 aromatic rings. The van der Waals surface area contributed by atoms with E-state index < -0.39 is 0 Å². The van der Waals surface area contributed by atoms with Crippen LogP contribution < -0.4 is 5.32 Å². The van der Waals surface area contributed by atoms with E-state index in [2.05, 4.69) is 67.4 Å². The summed E-state index contributed by atoms with van der Waals surface area (Å²) in [5, 5.41) is 5.13. The van der Waals surface area contributed by atoms with Crippen molar-refractivity contribution in [1.29, 1.82) is 0 Å². The zero-order chi connectivity index (χ0) is 21.9. The number of aromatic amines is 1. The van der Waals surface area contributed by atoms with Crippen LogP contribution in [0.4, 0.5) is 5.82 Å². The number of nitrogens with one attached hydrogen (secondary N) is 2. The number of likely N-dealkylation sites (N-methyl/N-ethyl adjacent to an activating group) is 1. The van der Waals surface area contributed by atoms with E-state index in [-0.39, 0.29) is 0 Å². The predicted octanol–water partition coefficient (Wildman–Crippen LogP) is 4.64. The Hall–Kier alpha value is -2.93. The molecule has 7 heteroatoms. The number of H-pyrrole nitrogens is 1. The highest BCUT2D eigenvalue weighted by Crippen LogP contribution is 2.27. The predicted molar refractivity (Wildman–Crippen MR) is 131 cm³/mol. The lowest BCUT2D eigenvalue weighted by molar-refractivity contribution is 0.148. The highest BCUT2D eigenvalue weighted by molar-refractivity contribution is 6.30. The number of hydrogen-bond acceptors (Lipinski definition) is 5. The second-order valence-corrected chi connectivity index (χ2v) is 8.86. The van der Waals surface area contributed by atoms with Crippen LogP contribution in [-0.2, 0) is 13.1 Å². The second-order valence-electron chi connectivity index (χ2n) is 8.43. The van der Waals surface area contributed by atoms with Crippen LogP contribution >= 0.6 is 11.6 Å². The molecule has 0 aliphatic carbocycles. The van der Waals surface area contributed by atoms with Crippen molar-refractivity contribution in [1.82, 2.24) is 24.8 Å². The molecule has 1 aliphatic heterocycles. The third-order valence-corrected chi connectivity index (χ3v) is 6.28. The Morgan fingerprint density at radius 2 is 1.78 bits per heavy atom. The number of benzene rings is 2. The first kappa shape index (κ1) is 20.9. The average molecular weight is 447 g/mol. The van der Waals surface area contributed by atoms with Gasteiger partial charge in [-0.25, -0.2) is 9.97 Å². The average Bonchev–Trinajstić information content (AvgIpc) is 3.25. The quantitative estimate of drug-likeness (QED) is 0.452. The van der Waals surface area contributed by atoms with E-state index in [1.54, 1.807) is 6.33 Å². The molecule has 2 aromatic heterocycles. The van der Waals surface area contributed by atoms with Gasteiger partial charge in [-0.2, -0.15) is 0 Å². The van der Waals surface area contributed by atoms with Crippen LogP contribution in [0.3, 0.4) is 0 Å². The number of hydrogen-bond donors (Lipinski definition) is 2. The molecule has 2 aromatic carbocycles. The number of fused-ring (bicyclic) bond motifs is 1. The fraction of sp³-hybridized carbons (Fsp3) is 0.280. The lowest BCUT2D eigenvalue weighted by Gasteiger charge is -2.32. The molecule has 1 saturated heterocycles. The van der Waals surface area contributed by atoms with E-state index in [9.17, 15) is 0 Å². The molecule has 6 nitrogen and oxygen atoms in total. The van der Waals surface area contributed by atoms with E-state index in [1.807, 2.05) is 24.3 Å². The van der Waals surface area contributed by atoms with Gasteiger partial charge in [-0.1, -0.05) is 48.0 Å². The lowest BCUT2D eigenvalue weighted by Crippen LogP contribution is -2.43. The summed E-state index contributed by atoms with van der Waals surface area (Å²) in [7, 11) is 2.19. The van der Waals surface area contributed by atoms with Crippen molar-refractivity contribution >= 4 is 28.5 Å². The molecular formula is C25H27ClN6. The summed E-state index contributed by atoms with van der Waals surface area (Å²) < 4.78 is 0. The Kier molecular flexibility index (Phi) is 6.08. The van der Waals surface area contributed by atoms with Gasteiger partial charge in [0.25, 0.3) is 0 Å². The lowest BCUT2D eigenvalue weighted by atomic mass is 10.1. The molecule has 0 atom stereocenters. The molecule has 0 radical (unpaired) electrons. The monoisotopic (exact) mass is 446 g/mol. The van der Waals surface area contributed by atoms with E-state index in [0.29, 0.717) is 6.54 Å². The van der Waals surface area contributed by atoms with Gasteiger partial charge in [0.05, 0.1) is 5.39 Å². The maximum Gasteiger partial charge on any atom is 0.143 e. The summed E-state index contributed by atoms with van der Waals surface area (Å²) in [5.74, 6) is 0.809. The molecule has 5 rings (SSSR count). The molecule has 1 aliphatic rings. The van der Waals surface area contributed by atoms with Crippen LogP contribution in [0, 0.1) is 0 Å². The topological polar surface area (TPSA) is 60.1 Å². The maximum atomic E-state index is 6.10. The third kappa shape index (κ3) is 4.78. The minimum Gasteiger partial charge on any atom is -0.365 e. The Balaban J connectivity index is 1.31. The summed E-state index contributed by atoms with van der Waals surface area (Å²) in [6.45, 7) is 6.19. The molecule has 3 heterocycles. The largest absolute Gasteiger partial charge is 0.365 e. The highest BCUT2D eigenvalue weighted by atomic mass is 35.5. The van der Waals surface area contributed by atoms with E-state index in [0.717, 1.165) is 71.4 Å². The van der Waals surface area contributed by atoms with Crippen molar-refractivity contribution in [3.8, 4) is 11.3 Å². The van der Waals surface area contributed by atoms with Gasteiger partial charge in [0.1, 0.15) is 17.8 Å². The van der Waals surface area contributed by atoms with Crippen molar-refractivity contribution in [2.45, 2.75) is 13.1 Å². The first-order valence-corrected chi connectivity index (χ1v) is 11.3. The van der Waals surface area contributed by atoms with Gasteiger partial charge in [0.2, 0.25) is 0 Å². The van der Waals surface area contributed by atoms with Crippen molar-refractivity contribution in [3.05, 3.63) is 77.1 Å². The van der Waals surface area contributed by atoms with Crippen LogP contribution in [0.15, 0.2) is 60.9 Å². The molecule has 1 fully saturated rings. The van der Waals surface area contributed by atoms with Crippen LogP contribution in [0.2, 0.25) is 5.02 Å². The summed E-state index contributed by atoms with van der Waals surface area (Å²) in [4.78, 5) is 17.2. The summed E-state index contributed by atoms with van der Waals surface area (Å²) >= 11 is 6.10. The van der Waals surface area contributed by atoms with Crippen LogP contribution in [0.5, 0.6) is 0 Å². The van der Waals surface area contributed by atoms with E-state index in [1.165, 1.54) is 5.56 Å². The van der Waals surface area contributed by atoms with Crippen LogP contribution in [0.1, 0.15) is 11.1 Å². The van der Waals surface area contributed by atoms with Crippen molar-refractivity contribution < 1.29 is 0 Å². The minimum atomic E-state index is 0.647. The van der Waals surface area contributed by atoms with Gasteiger partial charge in [-0.05, 0) is 41.9 Å². The smallest absolute Gasteiger partial charge is 0.143 e.